The van der Waals surface area contributed by atoms with Crippen molar-refractivity contribution in [3.8, 4) is 0 Å². The summed E-state index contributed by atoms with van der Waals surface area (Å²) in [4.78, 5) is 14.7. The zero-order chi connectivity index (χ0) is 16.5. The molecule has 0 unspecified atom stereocenters. The van der Waals surface area contributed by atoms with Crippen LogP contribution in [-0.2, 0) is 16.6 Å². The van der Waals surface area contributed by atoms with E-state index in [1.807, 2.05) is 0 Å². The Bertz CT molecular complexity index is 829. The number of rotatable bonds is 5. The van der Waals surface area contributed by atoms with Crippen LogP contribution in [0.2, 0.25) is 5.02 Å². The van der Waals surface area contributed by atoms with Gasteiger partial charge in [-0.15, -0.1) is 0 Å². The van der Waals surface area contributed by atoms with Crippen LogP contribution in [0.1, 0.15) is 27.6 Å². The lowest BCUT2D eigenvalue weighted by Crippen LogP contribution is -2.24. The number of carboxylic acid groups (broad SMARTS) is 1. The molecule has 0 fully saturated rings. The van der Waals surface area contributed by atoms with Gasteiger partial charge in [0.2, 0.25) is 15.9 Å². The van der Waals surface area contributed by atoms with Crippen molar-refractivity contribution in [2.24, 2.45) is 0 Å². The number of hydrogen-bond acceptors (Lipinski definition) is 5. The third-order valence-electron chi connectivity index (χ3n) is 2.92. The molecule has 0 atom stereocenters. The van der Waals surface area contributed by atoms with Gasteiger partial charge in [-0.05, 0) is 31.5 Å². The molecular formula is C13H13ClN2O5S. The third-order valence-corrected chi connectivity index (χ3v) is 4.84. The lowest BCUT2D eigenvalue weighted by molar-refractivity contribution is 0.0696. The van der Waals surface area contributed by atoms with Crippen LogP contribution < -0.4 is 4.72 Å². The maximum Gasteiger partial charge on any atom is 0.335 e. The van der Waals surface area contributed by atoms with Crippen LogP contribution in [-0.4, -0.2) is 24.5 Å². The highest BCUT2D eigenvalue weighted by molar-refractivity contribution is 7.89. The number of hydrogen-bond donors (Lipinski definition) is 2. The minimum Gasteiger partial charge on any atom is -0.478 e. The molecule has 2 rings (SSSR count). The molecule has 7 nitrogen and oxygen atoms in total. The van der Waals surface area contributed by atoms with Gasteiger partial charge in [0.15, 0.2) is 0 Å². The fraction of sp³-hybridized carbons (Fsp3) is 0.231. The van der Waals surface area contributed by atoms with Crippen LogP contribution in [0.25, 0.3) is 0 Å². The summed E-state index contributed by atoms with van der Waals surface area (Å²) in [5, 5.41) is 9.06. The van der Waals surface area contributed by atoms with Crippen LogP contribution in [0.4, 0.5) is 0 Å². The van der Waals surface area contributed by atoms with E-state index in [0.717, 1.165) is 6.07 Å². The van der Waals surface area contributed by atoms with E-state index < -0.39 is 16.0 Å². The minimum absolute atomic E-state index is 0.0623. The van der Waals surface area contributed by atoms with E-state index >= 15 is 0 Å². The molecule has 0 radical (unpaired) electrons. The number of carboxylic acids is 1. The topological polar surface area (TPSA) is 110 Å². The van der Waals surface area contributed by atoms with Gasteiger partial charge in [0, 0.05) is 5.02 Å². The summed E-state index contributed by atoms with van der Waals surface area (Å²) in [5.74, 6) is -0.498. The largest absolute Gasteiger partial charge is 0.478 e. The van der Waals surface area contributed by atoms with E-state index in [1.165, 1.54) is 19.2 Å². The number of aromatic nitrogens is 1. The maximum atomic E-state index is 12.3. The van der Waals surface area contributed by atoms with Crippen molar-refractivity contribution in [3.05, 3.63) is 46.1 Å². The Labute approximate surface area is 132 Å². The first-order chi connectivity index (χ1) is 10.2. The number of nitrogens with zero attached hydrogens (tertiary/aromatic N) is 1. The van der Waals surface area contributed by atoms with E-state index in [0.29, 0.717) is 5.76 Å². The fourth-order valence-electron chi connectivity index (χ4n) is 1.77. The Hall–Kier alpha value is -1.90. The van der Waals surface area contributed by atoms with Crippen molar-refractivity contribution in [1.82, 2.24) is 9.71 Å². The molecule has 22 heavy (non-hydrogen) atoms. The summed E-state index contributed by atoms with van der Waals surface area (Å²) in [6, 6.07) is 2.27. The molecule has 0 aliphatic heterocycles. The van der Waals surface area contributed by atoms with Crippen molar-refractivity contribution >= 4 is 27.6 Å². The van der Waals surface area contributed by atoms with Crippen molar-refractivity contribution in [1.29, 1.82) is 0 Å². The van der Waals surface area contributed by atoms with E-state index in [2.05, 4.69) is 9.71 Å². The van der Waals surface area contributed by atoms with Gasteiger partial charge < -0.3 is 9.52 Å². The standard InChI is InChI=1S/C13H13ClN2O5S/c1-7-5-15-12(21-7)6-16-22(19,20)11-4-9(13(17)18)3-10(14)8(11)2/h3-5,16H,6H2,1-2H3,(H,17,18). The fourth-order valence-corrected chi connectivity index (χ4v) is 3.31. The predicted molar refractivity (Wildman–Crippen MR) is 78.4 cm³/mol. The number of oxazole rings is 1. The number of aryl methyl sites for hydroxylation is 1. The van der Waals surface area contributed by atoms with Crippen molar-refractivity contribution in [2.75, 3.05) is 0 Å². The molecule has 1 heterocycles. The molecule has 9 heteroatoms. The monoisotopic (exact) mass is 344 g/mol. The molecule has 0 bridgehead atoms. The molecule has 0 amide bonds. The van der Waals surface area contributed by atoms with Crippen LogP contribution >= 0.6 is 11.6 Å². The first-order valence-corrected chi connectivity index (χ1v) is 8.01. The second-order valence-corrected chi connectivity index (χ2v) is 6.72. The number of sulfonamides is 1. The van der Waals surface area contributed by atoms with Crippen LogP contribution in [0.15, 0.2) is 27.6 Å². The summed E-state index contributed by atoms with van der Waals surface area (Å²) < 4.78 is 32.1. The van der Waals surface area contributed by atoms with Gasteiger partial charge in [0.1, 0.15) is 5.76 Å². The van der Waals surface area contributed by atoms with Gasteiger partial charge in [0.05, 0.1) is 23.2 Å². The molecule has 2 N–H and O–H groups in total. The molecule has 0 saturated heterocycles. The van der Waals surface area contributed by atoms with E-state index in [1.54, 1.807) is 6.92 Å². The Morgan fingerprint density at radius 3 is 2.64 bits per heavy atom. The Morgan fingerprint density at radius 1 is 1.41 bits per heavy atom. The number of aromatic carboxylic acids is 1. The van der Waals surface area contributed by atoms with E-state index in [-0.39, 0.29) is 33.5 Å². The highest BCUT2D eigenvalue weighted by atomic mass is 35.5. The second-order valence-electron chi connectivity index (χ2n) is 4.58. The van der Waals surface area contributed by atoms with Gasteiger partial charge in [-0.25, -0.2) is 22.9 Å². The van der Waals surface area contributed by atoms with Crippen LogP contribution in [0, 0.1) is 13.8 Å². The van der Waals surface area contributed by atoms with Crippen molar-refractivity contribution in [2.45, 2.75) is 25.3 Å². The molecule has 118 valence electrons. The third kappa shape index (κ3) is 3.46. The average Bonchev–Trinajstić information content (AvgIpc) is 2.85. The highest BCUT2D eigenvalue weighted by Crippen LogP contribution is 2.25. The van der Waals surface area contributed by atoms with Crippen LogP contribution in [0.5, 0.6) is 0 Å². The molecule has 1 aromatic heterocycles. The summed E-state index contributed by atoms with van der Waals surface area (Å²) in [7, 11) is -3.96. The molecule has 2 aromatic rings. The van der Waals surface area contributed by atoms with Crippen LogP contribution in [0.3, 0.4) is 0 Å². The van der Waals surface area contributed by atoms with Crippen molar-refractivity contribution in [3.63, 3.8) is 0 Å². The summed E-state index contributed by atoms with van der Waals surface area (Å²) in [6.07, 6.45) is 1.47. The molecule has 0 saturated carbocycles. The van der Waals surface area contributed by atoms with Gasteiger partial charge in [-0.2, -0.15) is 0 Å². The predicted octanol–water partition coefficient (Wildman–Crippen LogP) is 2.12. The summed E-state index contributed by atoms with van der Waals surface area (Å²) >= 11 is 5.90. The Balaban J connectivity index is 2.34. The lowest BCUT2D eigenvalue weighted by atomic mass is 10.1. The zero-order valence-electron chi connectivity index (χ0n) is 11.8. The number of nitrogens with one attached hydrogen (secondary N) is 1. The normalized spacial score (nSPS) is 11.6. The SMILES string of the molecule is Cc1cnc(CNS(=O)(=O)c2cc(C(=O)O)cc(Cl)c2C)o1. The number of carbonyl (C=O) groups is 1. The molecule has 0 aliphatic rings. The Kier molecular flexibility index (Phi) is 4.55. The molecular weight excluding hydrogens is 332 g/mol. The molecule has 0 aliphatic carbocycles. The minimum atomic E-state index is -3.96. The number of halogens is 1. The lowest BCUT2D eigenvalue weighted by Gasteiger charge is -2.10. The molecule has 0 spiro atoms. The van der Waals surface area contributed by atoms with Gasteiger partial charge in [0.25, 0.3) is 0 Å². The highest BCUT2D eigenvalue weighted by Gasteiger charge is 2.21. The summed E-state index contributed by atoms with van der Waals surface area (Å²) in [5.41, 5.74) is 0.0608. The van der Waals surface area contributed by atoms with Crippen molar-refractivity contribution < 1.29 is 22.7 Å². The second kappa shape index (κ2) is 6.07. The van der Waals surface area contributed by atoms with Gasteiger partial charge >= 0.3 is 5.97 Å². The quantitative estimate of drug-likeness (QED) is 0.859. The smallest absolute Gasteiger partial charge is 0.335 e. The van der Waals surface area contributed by atoms with Gasteiger partial charge in [-0.3, -0.25) is 0 Å². The van der Waals surface area contributed by atoms with Gasteiger partial charge in [-0.1, -0.05) is 11.6 Å². The molecule has 1 aromatic carbocycles. The number of benzene rings is 1. The van der Waals surface area contributed by atoms with E-state index in [4.69, 9.17) is 21.1 Å². The zero-order valence-corrected chi connectivity index (χ0v) is 13.3. The average molecular weight is 345 g/mol. The van der Waals surface area contributed by atoms with E-state index in [9.17, 15) is 13.2 Å². The summed E-state index contributed by atoms with van der Waals surface area (Å²) in [6.45, 7) is 3.04. The first kappa shape index (κ1) is 16.5. The maximum absolute atomic E-state index is 12.3. The first-order valence-electron chi connectivity index (χ1n) is 6.15. The Morgan fingerprint density at radius 2 is 2.09 bits per heavy atom.